The van der Waals surface area contributed by atoms with E-state index in [4.69, 9.17) is 14.8 Å². The van der Waals surface area contributed by atoms with Gasteiger partial charge in [-0.1, -0.05) is 6.07 Å². The molecule has 1 aromatic rings. The fraction of sp³-hybridized carbons (Fsp3) is 0.200. The van der Waals surface area contributed by atoms with Gasteiger partial charge in [0.1, 0.15) is 6.04 Å². The standard InChI is InChI=1S/C10H12N2O7S/c13-9(14)5-8(10(15)16)12-11-6-2-1-3-7(4-6)20(17,18)19/h1-4,8,11-12H,5H2,(H,13,14)(H,15,16)(H,17,18,19). The third-order valence-electron chi connectivity index (χ3n) is 2.20. The molecular formula is C10H12N2O7S. The Kier molecular flexibility index (Phi) is 5.02. The lowest BCUT2D eigenvalue weighted by atomic mass is 10.2. The van der Waals surface area contributed by atoms with Crippen LogP contribution in [0.2, 0.25) is 0 Å². The minimum absolute atomic E-state index is 0.150. The molecule has 110 valence electrons. The average molecular weight is 304 g/mol. The molecule has 0 aliphatic carbocycles. The first kappa shape index (κ1) is 15.9. The molecule has 9 nitrogen and oxygen atoms in total. The Labute approximate surface area is 114 Å². The van der Waals surface area contributed by atoms with Gasteiger partial charge in [-0.25, -0.2) is 5.43 Å². The summed E-state index contributed by atoms with van der Waals surface area (Å²) in [7, 11) is -4.38. The van der Waals surface area contributed by atoms with Gasteiger partial charge in [0.2, 0.25) is 0 Å². The Morgan fingerprint density at radius 3 is 2.40 bits per heavy atom. The van der Waals surface area contributed by atoms with Gasteiger partial charge < -0.3 is 15.6 Å². The molecule has 1 rings (SSSR count). The lowest BCUT2D eigenvalue weighted by molar-refractivity contribution is -0.145. The molecule has 5 N–H and O–H groups in total. The maximum absolute atomic E-state index is 10.9. The summed E-state index contributed by atoms with van der Waals surface area (Å²) in [6.07, 6.45) is -0.666. The van der Waals surface area contributed by atoms with Gasteiger partial charge in [0.25, 0.3) is 10.1 Å². The van der Waals surface area contributed by atoms with E-state index in [2.05, 4.69) is 10.9 Å². The molecule has 0 fully saturated rings. The highest BCUT2D eigenvalue weighted by Gasteiger charge is 2.20. The first-order valence-electron chi connectivity index (χ1n) is 5.24. The predicted molar refractivity (Wildman–Crippen MR) is 66.7 cm³/mol. The second-order valence-corrected chi connectivity index (χ2v) is 5.18. The number of carboxylic acid groups (broad SMARTS) is 2. The van der Waals surface area contributed by atoms with E-state index in [0.717, 1.165) is 12.1 Å². The van der Waals surface area contributed by atoms with Crippen LogP contribution in [0.4, 0.5) is 5.69 Å². The van der Waals surface area contributed by atoms with Gasteiger partial charge >= 0.3 is 11.9 Å². The number of carbonyl (C=O) groups is 2. The van der Waals surface area contributed by atoms with Gasteiger partial charge in [-0.3, -0.25) is 14.1 Å². The summed E-state index contributed by atoms with van der Waals surface area (Å²) in [5.74, 6) is -2.69. The number of hydrogen-bond acceptors (Lipinski definition) is 6. The number of rotatable bonds is 7. The maximum Gasteiger partial charge on any atom is 0.323 e. The van der Waals surface area contributed by atoms with Crippen molar-refractivity contribution in [2.45, 2.75) is 17.4 Å². The predicted octanol–water partition coefficient (Wildman–Crippen LogP) is -0.222. The van der Waals surface area contributed by atoms with Gasteiger partial charge in [-0.05, 0) is 18.2 Å². The van der Waals surface area contributed by atoms with Crippen molar-refractivity contribution < 1.29 is 32.8 Å². The zero-order valence-electron chi connectivity index (χ0n) is 9.98. The highest BCUT2D eigenvalue weighted by atomic mass is 32.2. The largest absolute Gasteiger partial charge is 0.481 e. The number of hydrazine groups is 1. The molecule has 1 unspecified atom stereocenters. The van der Waals surface area contributed by atoms with Crippen molar-refractivity contribution in [3.63, 3.8) is 0 Å². The Bertz CT molecular complexity index is 614. The molecule has 20 heavy (non-hydrogen) atoms. The summed E-state index contributed by atoms with van der Waals surface area (Å²) >= 11 is 0. The topological polar surface area (TPSA) is 153 Å². The van der Waals surface area contributed by atoms with Crippen LogP contribution >= 0.6 is 0 Å². The summed E-state index contributed by atoms with van der Waals surface area (Å²) in [6, 6.07) is 3.53. The van der Waals surface area contributed by atoms with Crippen LogP contribution in [0.3, 0.4) is 0 Å². The Morgan fingerprint density at radius 2 is 1.90 bits per heavy atom. The average Bonchev–Trinajstić information content (AvgIpc) is 2.33. The number of carboxylic acids is 2. The second kappa shape index (κ2) is 6.32. The van der Waals surface area contributed by atoms with Gasteiger partial charge in [0.05, 0.1) is 17.0 Å². The fourth-order valence-corrected chi connectivity index (χ4v) is 1.81. The van der Waals surface area contributed by atoms with Crippen LogP contribution in [0.15, 0.2) is 29.2 Å². The van der Waals surface area contributed by atoms with Crippen LogP contribution in [-0.2, 0) is 19.7 Å². The third-order valence-corrected chi connectivity index (χ3v) is 3.05. The quantitative estimate of drug-likeness (QED) is 0.339. The number of aliphatic carboxylic acids is 2. The highest BCUT2D eigenvalue weighted by molar-refractivity contribution is 7.85. The van der Waals surface area contributed by atoms with Crippen molar-refractivity contribution in [1.82, 2.24) is 5.43 Å². The Hall–Kier alpha value is -2.17. The van der Waals surface area contributed by atoms with Crippen LogP contribution < -0.4 is 10.9 Å². The van der Waals surface area contributed by atoms with Gasteiger partial charge in [0.15, 0.2) is 0 Å². The lowest BCUT2D eigenvalue weighted by Crippen LogP contribution is -2.41. The molecule has 0 amide bonds. The van der Waals surface area contributed by atoms with Crippen molar-refractivity contribution in [3.05, 3.63) is 24.3 Å². The van der Waals surface area contributed by atoms with E-state index in [0.29, 0.717) is 0 Å². The molecule has 0 aliphatic heterocycles. The lowest BCUT2D eigenvalue weighted by Gasteiger charge is -2.14. The van der Waals surface area contributed by atoms with Crippen molar-refractivity contribution in [3.8, 4) is 0 Å². The van der Waals surface area contributed by atoms with Crippen molar-refractivity contribution in [1.29, 1.82) is 0 Å². The summed E-state index contributed by atoms with van der Waals surface area (Å²) in [4.78, 5) is 20.9. The Morgan fingerprint density at radius 1 is 1.25 bits per heavy atom. The van der Waals surface area contributed by atoms with Crippen LogP contribution in [0, 0.1) is 0 Å². The zero-order chi connectivity index (χ0) is 15.3. The SMILES string of the molecule is O=C(O)CC(NNc1cccc(S(=O)(=O)O)c1)C(=O)O. The smallest absolute Gasteiger partial charge is 0.323 e. The van der Waals surface area contributed by atoms with Crippen molar-refractivity contribution in [2.75, 3.05) is 5.43 Å². The molecule has 0 saturated carbocycles. The summed E-state index contributed by atoms with van der Waals surface area (Å²) in [5.41, 5.74) is 4.76. The van der Waals surface area contributed by atoms with Crippen LogP contribution in [0.5, 0.6) is 0 Å². The summed E-state index contributed by atoms with van der Waals surface area (Å²) in [6.45, 7) is 0. The molecule has 0 saturated heterocycles. The molecule has 0 heterocycles. The van der Waals surface area contributed by atoms with Gasteiger partial charge in [-0.15, -0.1) is 0 Å². The normalized spacial score (nSPS) is 12.7. The first-order valence-corrected chi connectivity index (χ1v) is 6.68. The maximum atomic E-state index is 10.9. The number of hydrogen-bond donors (Lipinski definition) is 5. The van der Waals surface area contributed by atoms with Gasteiger partial charge in [0, 0.05) is 0 Å². The minimum atomic E-state index is -4.38. The van der Waals surface area contributed by atoms with Crippen LogP contribution in [0.1, 0.15) is 6.42 Å². The summed E-state index contributed by atoms with van der Waals surface area (Å²) < 4.78 is 30.7. The van der Waals surface area contributed by atoms with Crippen molar-refractivity contribution >= 4 is 27.7 Å². The molecule has 0 radical (unpaired) electrons. The molecule has 0 aliphatic rings. The number of anilines is 1. The van der Waals surface area contributed by atoms with E-state index < -0.39 is 34.5 Å². The van der Waals surface area contributed by atoms with E-state index in [-0.39, 0.29) is 10.6 Å². The second-order valence-electron chi connectivity index (χ2n) is 3.76. The highest BCUT2D eigenvalue weighted by Crippen LogP contribution is 2.14. The first-order chi connectivity index (χ1) is 9.20. The zero-order valence-corrected chi connectivity index (χ0v) is 10.8. The van der Waals surface area contributed by atoms with E-state index in [1.807, 2.05) is 0 Å². The number of nitrogens with one attached hydrogen (secondary N) is 2. The van der Waals surface area contributed by atoms with Crippen molar-refractivity contribution in [2.24, 2.45) is 0 Å². The summed E-state index contributed by atoms with van der Waals surface area (Å²) in [5, 5.41) is 17.3. The minimum Gasteiger partial charge on any atom is -0.481 e. The molecular weight excluding hydrogens is 292 g/mol. The van der Waals surface area contributed by atoms with E-state index >= 15 is 0 Å². The molecule has 1 aromatic carbocycles. The van der Waals surface area contributed by atoms with E-state index in [1.54, 1.807) is 0 Å². The molecule has 1 atom stereocenters. The monoisotopic (exact) mass is 304 g/mol. The van der Waals surface area contributed by atoms with Gasteiger partial charge in [-0.2, -0.15) is 8.42 Å². The molecule has 10 heteroatoms. The van der Waals surface area contributed by atoms with E-state index in [9.17, 15) is 18.0 Å². The molecule has 0 spiro atoms. The fourth-order valence-electron chi connectivity index (χ4n) is 1.28. The number of benzene rings is 1. The Balaban J connectivity index is 2.78. The molecule has 0 bridgehead atoms. The van der Waals surface area contributed by atoms with Crippen LogP contribution in [-0.4, -0.2) is 41.2 Å². The molecule has 0 aromatic heterocycles. The van der Waals surface area contributed by atoms with Crippen LogP contribution in [0.25, 0.3) is 0 Å². The van der Waals surface area contributed by atoms with E-state index in [1.165, 1.54) is 12.1 Å². The third kappa shape index (κ3) is 4.84.